The highest BCUT2D eigenvalue weighted by molar-refractivity contribution is 5.94. The van der Waals surface area contributed by atoms with E-state index in [2.05, 4.69) is 24.1 Å². The van der Waals surface area contributed by atoms with Gasteiger partial charge in [0, 0.05) is 37.2 Å². The number of hydrogen-bond acceptors (Lipinski definition) is 3. The fraction of sp³-hybridized carbons (Fsp3) is 0.588. The molecule has 21 heavy (non-hydrogen) atoms. The molecule has 1 fully saturated rings. The molecule has 1 aromatic rings. The minimum Gasteiger partial charge on any atom is -0.396 e. The lowest BCUT2D eigenvalue weighted by molar-refractivity contribution is 0.0720. The van der Waals surface area contributed by atoms with E-state index in [-0.39, 0.29) is 24.5 Å². The standard InChI is InChI=1S/C17H26N2O2/c1-13(2)10-19-9-8-15(12-20)16(11-19)18-17(21)14-6-4-3-5-7-14/h3-7,13,15-16,20H,8-12H2,1-2H3,(H,18,21)/t15-,16-/m1/s1. The summed E-state index contributed by atoms with van der Waals surface area (Å²) in [6.07, 6.45) is 0.933. The van der Waals surface area contributed by atoms with Gasteiger partial charge in [0.1, 0.15) is 0 Å². The lowest BCUT2D eigenvalue weighted by Gasteiger charge is -2.39. The van der Waals surface area contributed by atoms with E-state index in [1.807, 2.05) is 30.3 Å². The van der Waals surface area contributed by atoms with Crippen LogP contribution in [0.1, 0.15) is 30.6 Å². The number of piperidine rings is 1. The van der Waals surface area contributed by atoms with Crippen LogP contribution in [0.15, 0.2) is 30.3 Å². The molecule has 4 heteroatoms. The Morgan fingerprint density at radius 1 is 1.38 bits per heavy atom. The quantitative estimate of drug-likeness (QED) is 0.869. The molecule has 2 N–H and O–H groups in total. The van der Waals surface area contributed by atoms with Crippen LogP contribution in [0, 0.1) is 11.8 Å². The van der Waals surface area contributed by atoms with Crippen LogP contribution in [0.25, 0.3) is 0 Å². The van der Waals surface area contributed by atoms with E-state index in [1.54, 1.807) is 0 Å². The second-order valence-corrected chi connectivity index (χ2v) is 6.33. The summed E-state index contributed by atoms with van der Waals surface area (Å²) in [5.41, 5.74) is 0.676. The van der Waals surface area contributed by atoms with Gasteiger partial charge in [-0.25, -0.2) is 0 Å². The van der Waals surface area contributed by atoms with E-state index in [1.165, 1.54) is 0 Å². The third kappa shape index (κ3) is 4.55. The van der Waals surface area contributed by atoms with E-state index in [0.29, 0.717) is 11.5 Å². The highest BCUT2D eigenvalue weighted by atomic mass is 16.3. The molecule has 0 aliphatic carbocycles. The Labute approximate surface area is 127 Å². The normalized spacial score (nSPS) is 23.2. The molecule has 116 valence electrons. The molecule has 2 rings (SSSR count). The number of nitrogens with zero attached hydrogens (tertiary/aromatic N) is 1. The van der Waals surface area contributed by atoms with Crippen LogP contribution in [0.2, 0.25) is 0 Å². The van der Waals surface area contributed by atoms with Gasteiger partial charge in [0.25, 0.3) is 5.91 Å². The van der Waals surface area contributed by atoms with Crippen molar-refractivity contribution >= 4 is 5.91 Å². The molecule has 0 radical (unpaired) electrons. The van der Waals surface area contributed by atoms with Crippen molar-refractivity contribution in [1.82, 2.24) is 10.2 Å². The summed E-state index contributed by atoms with van der Waals surface area (Å²) in [6.45, 7) is 7.40. The highest BCUT2D eigenvalue weighted by Gasteiger charge is 2.30. The third-order valence-electron chi connectivity index (χ3n) is 4.05. The van der Waals surface area contributed by atoms with Gasteiger partial charge < -0.3 is 15.3 Å². The van der Waals surface area contributed by atoms with Gasteiger partial charge in [0.15, 0.2) is 0 Å². The molecule has 4 nitrogen and oxygen atoms in total. The minimum absolute atomic E-state index is 0.0233. The minimum atomic E-state index is -0.0505. The predicted octanol–water partition coefficient (Wildman–Crippen LogP) is 1.76. The Morgan fingerprint density at radius 2 is 2.10 bits per heavy atom. The van der Waals surface area contributed by atoms with Gasteiger partial charge in [-0.3, -0.25) is 4.79 Å². The number of hydrogen-bond donors (Lipinski definition) is 2. The smallest absolute Gasteiger partial charge is 0.251 e. The van der Waals surface area contributed by atoms with Crippen molar-refractivity contribution in [1.29, 1.82) is 0 Å². The van der Waals surface area contributed by atoms with E-state index in [0.717, 1.165) is 26.1 Å². The average Bonchev–Trinajstić information content (AvgIpc) is 2.48. The fourth-order valence-corrected chi connectivity index (χ4v) is 2.97. The molecule has 1 aromatic carbocycles. The number of benzene rings is 1. The average molecular weight is 290 g/mol. The molecule has 1 heterocycles. The largest absolute Gasteiger partial charge is 0.396 e. The number of amides is 1. The van der Waals surface area contributed by atoms with E-state index in [4.69, 9.17) is 0 Å². The number of carbonyl (C=O) groups excluding carboxylic acids is 1. The van der Waals surface area contributed by atoms with E-state index >= 15 is 0 Å². The summed E-state index contributed by atoms with van der Waals surface area (Å²) in [7, 11) is 0. The van der Waals surface area contributed by atoms with Gasteiger partial charge in [-0.2, -0.15) is 0 Å². The van der Waals surface area contributed by atoms with Gasteiger partial charge in [-0.15, -0.1) is 0 Å². The topological polar surface area (TPSA) is 52.6 Å². The zero-order valence-electron chi connectivity index (χ0n) is 13.0. The summed E-state index contributed by atoms with van der Waals surface area (Å²) in [5.74, 6) is 0.715. The number of aliphatic hydroxyl groups excluding tert-OH is 1. The first kappa shape index (κ1) is 16.0. The molecular formula is C17H26N2O2. The SMILES string of the molecule is CC(C)CN1CC[C@H](CO)[C@H](NC(=O)c2ccccc2)C1. The second kappa shape index (κ2) is 7.57. The first-order valence-electron chi connectivity index (χ1n) is 7.79. The molecule has 0 saturated carbocycles. The van der Waals surface area contributed by atoms with Crippen LogP contribution in [0.5, 0.6) is 0 Å². The van der Waals surface area contributed by atoms with Gasteiger partial charge in [0.05, 0.1) is 0 Å². The van der Waals surface area contributed by atoms with Crippen LogP contribution >= 0.6 is 0 Å². The molecular weight excluding hydrogens is 264 g/mol. The second-order valence-electron chi connectivity index (χ2n) is 6.33. The molecule has 0 spiro atoms. The predicted molar refractivity (Wildman–Crippen MR) is 84.2 cm³/mol. The summed E-state index contributed by atoms with van der Waals surface area (Å²) in [4.78, 5) is 14.7. The van der Waals surface area contributed by atoms with Gasteiger partial charge >= 0.3 is 0 Å². The van der Waals surface area contributed by atoms with Crippen molar-refractivity contribution in [2.75, 3.05) is 26.2 Å². The van der Waals surface area contributed by atoms with E-state index < -0.39 is 0 Å². The Balaban J connectivity index is 1.99. The molecule has 0 bridgehead atoms. The van der Waals surface area contributed by atoms with E-state index in [9.17, 15) is 9.90 Å². The van der Waals surface area contributed by atoms with Crippen molar-refractivity contribution in [2.45, 2.75) is 26.3 Å². The van der Waals surface area contributed by atoms with Crippen LogP contribution < -0.4 is 5.32 Å². The fourth-order valence-electron chi connectivity index (χ4n) is 2.97. The molecule has 1 aliphatic heterocycles. The summed E-state index contributed by atoms with van der Waals surface area (Å²) >= 11 is 0. The Morgan fingerprint density at radius 3 is 2.71 bits per heavy atom. The van der Waals surface area contributed by atoms with Crippen molar-refractivity contribution < 1.29 is 9.90 Å². The molecule has 2 atom stereocenters. The number of nitrogens with one attached hydrogen (secondary N) is 1. The highest BCUT2D eigenvalue weighted by Crippen LogP contribution is 2.19. The molecule has 0 unspecified atom stereocenters. The monoisotopic (exact) mass is 290 g/mol. The summed E-state index contributed by atoms with van der Waals surface area (Å²) < 4.78 is 0. The van der Waals surface area contributed by atoms with Gasteiger partial charge in [-0.1, -0.05) is 32.0 Å². The van der Waals surface area contributed by atoms with Crippen molar-refractivity contribution in [3.8, 4) is 0 Å². The van der Waals surface area contributed by atoms with Crippen molar-refractivity contribution in [2.24, 2.45) is 11.8 Å². The maximum atomic E-state index is 12.3. The maximum absolute atomic E-state index is 12.3. The number of aliphatic hydroxyl groups is 1. The summed E-state index contributed by atoms with van der Waals surface area (Å²) in [6, 6.07) is 9.29. The third-order valence-corrected chi connectivity index (χ3v) is 4.05. The number of likely N-dealkylation sites (tertiary alicyclic amines) is 1. The van der Waals surface area contributed by atoms with Crippen molar-refractivity contribution in [3.63, 3.8) is 0 Å². The first-order chi connectivity index (χ1) is 10.1. The summed E-state index contributed by atoms with van der Waals surface area (Å²) in [5, 5.41) is 12.6. The van der Waals surface area contributed by atoms with Crippen molar-refractivity contribution in [3.05, 3.63) is 35.9 Å². The lowest BCUT2D eigenvalue weighted by atomic mass is 9.91. The lowest BCUT2D eigenvalue weighted by Crippen LogP contribution is -2.54. The zero-order chi connectivity index (χ0) is 15.2. The zero-order valence-corrected chi connectivity index (χ0v) is 13.0. The van der Waals surface area contributed by atoms with Crippen LogP contribution in [-0.4, -0.2) is 48.2 Å². The van der Waals surface area contributed by atoms with Gasteiger partial charge in [0.2, 0.25) is 0 Å². The number of carbonyl (C=O) groups is 1. The molecule has 0 aromatic heterocycles. The van der Waals surface area contributed by atoms with Crippen LogP contribution in [-0.2, 0) is 0 Å². The van der Waals surface area contributed by atoms with Crippen LogP contribution in [0.4, 0.5) is 0 Å². The number of rotatable bonds is 5. The molecule has 1 amide bonds. The molecule has 1 aliphatic rings. The maximum Gasteiger partial charge on any atom is 0.251 e. The molecule has 1 saturated heterocycles. The van der Waals surface area contributed by atoms with Gasteiger partial charge in [-0.05, 0) is 31.0 Å². The van der Waals surface area contributed by atoms with Crippen LogP contribution in [0.3, 0.4) is 0 Å². The Kier molecular flexibility index (Phi) is 5.76. The Hall–Kier alpha value is -1.39. The Bertz CT molecular complexity index is 447. The first-order valence-corrected chi connectivity index (χ1v) is 7.79.